The summed E-state index contributed by atoms with van der Waals surface area (Å²) >= 11 is 0. The number of carboxylic acids is 1. The summed E-state index contributed by atoms with van der Waals surface area (Å²) in [6.07, 6.45) is -3.17. The molecule has 1 saturated heterocycles. The molecule has 13 heteroatoms. The number of halogens is 2. The van der Waals surface area contributed by atoms with E-state index in [1.165, 1.54) is 18.2 Å². The number of carbonyl (C=O) groups excluding carboxylic acids is 1. The Balaban J connectivity index is 1.79. The summed E-state index contributed by atoms with van der Waals surface area (Å²) in [6.45, 7) is -0.621. The van der Waals surface area contributed by atoms with Crippen molar-refractivity contribution >= 4 is 21.9 Å². The van der Waals surface area contributed by atoms with Crippen molar-refractivity contribution in [2.75, 3.05) is 6.61 Å². The average Bonchev–Trinajstić information content (AvgIpc) is 3.13. The van der Waals surface area contributed by atoms with Crippen molar-refractivity contribution in [2.24, 2.45) is 5.73 Å². The fourth-order valence-corrected chi connectivity index (χ4v) is 4.97. The molecule has 2 aromatic carbocycles. The minimum atomic E-state index is -4.49. The number of aliphatic carboxylic acids is 1. The number of carbonyl (C=O) groups is 2. The number of carboxylic acid groups (broad SMARTS) is 1. The van der Waals surface area contributed by atoms with E-state index in [2.05, 4.69) is 0 Å². The Bertz CT molecular complexity index is 1180. The largest absolute Gasteiger partial charge is 0.489 e. The quantitative estimate of drug-likeness (QED) is 0.370. The number of nitrogens with two attached hydrogens (primary N) is 1. The highest BCUT2D eigenvalue weighted by atomic mass is 32.2. The van der Waals surface area contributed by atoms with E-state index in [0.29, 0.717) is 6.07 Å². The summed E-state index contributed by atoms with van der Waals surface area (Å²) in [4.78, 5) is 23.6. The number of hydrogen-bond donors (Lipinski definition) is 4. The van der Waals surface area contributed by atoms with Gasteiger partial charge in [-0.3, -0.25) is 9.59 Å². The number of benzene rings is 2. The van der Waals surface area contributed by atoms with Crippen LogP contribution in [0.3, 0.4) is 0 Å². The highest BCUT2D eigenvalue weighted by Gasteiger charge is 2.59. The van der Waals surface area contributed by atoms with Crippen LogP contribution < -0.4 is 15.2 Å². The molecule has 34 heavy (non-hydrogen) atoms. The van der Waals surface area contributed by atoms with E-state index in [9.17, 15) is 31.9 Å². The second-order valence-electron chi connectivity index (χ2n) is 7.63. The van der Waals surface area contributed by atoms with Crippen molar-refractivity contribution in [3.05, 3.63) is 59.7 Å². The second-order valence-corrected chi connectivity index (χ2v) is 9.32. The number of primary amides is 1. The van der Waals surface area contributed by atoms with Gasteiger partial charge in [-0.25, -0.2) is 17.2 Å². The molecule has 1 aliphatic rings. The van der Waals surface area contributed by atoms with Crippen molar-refractivity contribution in [1.82, 2.24) is 4.72 Å². The van der Waals surface area contributed by atoms with Crippen molar-refractivity contribution in [2.45, 2.75) is 42.1 Å². The third-order valence-electron chi connectivity index (χ3n) is 5.28. The zero-order chi connectivity index (χ0) is 25.1. The van der Waals surface area contributed by atoms with Crippen molar-refractivity contribution in [1.29, 1.82) is 0 Å². The fourth-order valence-electron chi connectivity index (χ4n) is 3.60. The van der Waals surface area contributed by atoms with Crippen LogP contribution in [0.1, 0.15) is 18.4 Å². The molecule has 0 spiro atoms. The van der Waals surface area contributed by atoms with Crippen LogP contribution in [0.2, 0.25) is 0 Å². The lowest BCUT2D eigenvalue weighted by atomic mass is 9.89. The molecule has 0 saturated carbocycles. The minimum absolute atomic E-state index is 0.0266. The number of nitrogens with one attached hydrogen (secondary N) is 1. The normalized spacial score (nSPS) is 22.4. The van der Waals surface area contributed by atoms with Gasteiger partial charge in [-0.1, -0.05) is 0 Å². The topological polar surface area (TPSA) is 165 Å². The van der Waals surface area contributed by atoms with Gasteiger partial charge in [0.25, 0.3) is 0 Å². The lowest BCUT2D eigenvalue weighted by molar-refractivity contribution is -0.150. The lowest BCUT2D eigenvalue weighted by Crippen LogP contribution is -2.62. The molecule has 0 aromatic heterocycles. The molecule has 184 valence electrons. The Morgan fingerprint density at radius 3 is 2.44 bits per heavy atom. The predicted molar refractivity (Wildman–Crippen MR) is 112 cm³/mol. The lowest BCUT2D eigenvalue weighted by Gasteiger charge is -2.28. The molecule has 5 N–H and O–H groups in total. The van der Waals surface area contributed by atoms with Gasteiger partial charge in [0.15, 0.2) is 11.6 Å². The fraction of sp³-hybridized carbons (Fsp3) is 0.333. The van der Waals surface area contributed by atoms with E-state index >= 15 is 0 Å². The summed E-state index contributed by atoms with van der Waals surface area (Å²) in [5.41, 5.74) is 2.97. The molecule has 1 fully saturated rings. The van der Waals surface area contributed by atoms with Crippen LogP contribution in [0.15, 0.2) is 47.4 Å². The maximum Gasteiger partial charge on any atom is 0.328 e. The number of sulfonamides is 1. The summed E-state index contributed by atoms with van der Waals surface area (Å²) in [5, 5.41) is 18.9. The number of rotatable bonds is 10. The number of ether oxygens (including phenoxy) is 2. The Morgan fingerprint density at radius 1 is 1.21 bits per heavy atom. The third-order valence-corrected chi connectivity index (χ3v) is 6.80. The molecule has 1 aliphatic heterocycles. The molecule has 0 radical (unpaired) electrons. The van der Waals surface area contributed by atoms with Crippen molar-refractivity contribution in [3.63, 3.8) is 0 Å². The molecule has 3 rings (SSSR count). The number of amides is 1. The number of aliphatic hydroxyl groups is 1. The Kier molecular flexibility index (Phi) is 7.51. The van der Waals surface area contributed by atoms with Crippen LogP contribution in [0, 0.1) is 11.6 Å². The van der Waals surface area contributed by atoms with E-state index < -0.39 is 57.7 Å². The molecule has 0 aliphatic carbocycles. The van der Waals surface area contributed by atoms with Crippen LogP contribution in [0.5, 0.6) is 5.75 Å². The van der Waals surface area contributed by atoms with Gasteiger partial charge in [0, 0.05) is 24.7 Å². The van der Waals surface area contributed by atoms with Crippen molar-refractivity contribution in [3.8, 4) is 5.75 Å². The highest BCUT2D eigenvalue weighted by molar-refractivity contribution is 7.89. The smallest absolute Gasteiger partial charge is 0.328 e. The number of aliphatic hydroxyl groups excluding tert-OH is 1. The van der Waals surface area contributed by atoms with E-state index in [1.54, 1.807) is 0 Å². The predicted octanol–water partition coefficient (Wildman–Crippen LogP) is 0.671. The zero-order valence-corrected chi connectivity index (χ0v) is 18.4. The van der Waals surface area contributed by atoms with Gasteiger partial charge in [0.2, 0.25) is 15.9 Å². The molecule has 3 unspecified atom stereocenters. The monoisotopic (exact) mass is 500 g/mol. The summed E-state index contributed by atoms with van der Waals surface area (Å²) < 4.78 is 65.3. The first-order valence-electron chi connectivity index (χ1n) is 9.98. The zero-order valence-electron chi connectivity index (χ0n) is 17.6. The van der Waals surface area contributed by atoms with Crippen LogP contribution >= 0.6 is 0 Å². The Morgan fingerprint density at radius 2 is 1.88 bits per heavy atom. The maximum atomic E-state index is 13.7. The summed E-state index contributed by atoms with van der Waals surface area (Å²) in [7, 11) is -4.49. The van der Waals surface area contributed by atoms with E-state index in [1.807, 2.05) is 4.72 Å². The van der Waals surface area contributed by atoms with Crippen LogP contribution in [0.25, 0.3) is 0 Å². The Hall–Kier alpha value is -3.13. The van der Waals surface area contributed by atoms with Gasteiger partial charge in [-0.05, 0) is 42.8 Å². The summed E-state index contributed by atoms with van der Waals surface area (Å²) in [5.74, 6) is -4.22. The van der Waals surface area contributed by atoms with Crippen LogP contribution in [0.4, 0.5) is 8.78 Å². The maximum absolute atomic E-state index is 13.7. The first-order chi connectivity index (χ1) is 16.0. The van der Waals surface area contributed by atoms with Crippen LogP contribution in [-0.2, 0) is 31.0 Å². The van der Waals surface area contributed by atoms with E-state index in [4.69, 9.17) is 20.3 Å². The number of hydrogen-bond acceptors (Lipinski definition) is 7. The van der Waals surface area contributed by atoms with Gasteiger partial charge in [-0.2, -0.15) is 4.72 Å². The molecule has 0 bridgehead atoms. The van der Waals surface area contributed by atoms with Crippen molar-refractivity contribution < 1.29 is 46.5 Å². The first kappa shape index (κ1) is 25.5. The first-order valence-corrected chi connectivity index (χ1v) is 11.5. The summed E-state index contributed by atoms with van der Waals surface area (Å²) in [6, 6.07) is 7.74. The standard InChI is InChI=1S/C21H22F2N2O8S/c22-13-2-1-12(17(23)9-13)11-32-14-3-5-16(6-4-14)34(30,31)25-21(20(28)29)10-15(7-8-26)33-18(21)19(24)27/h1-6,9,15,18,25-26H,7-8,10-11H2,(H2,24,27)(H,28,29). The molecular weight excluding hydrogens is 478 g/mol. The van der Waals surface area contributed by atoms with E-state index in [-0.39, 0.29) is 35.8 Å². The second kappa shape index (κ2) is 10.0. The molecule has 2 aromatic rings. The SMILES string of the molecule is NC(=O)C1OC(CCO)CC1(NS(=O)(=O)c1ccc(OCc2ccc(F)cc2F)cc1)C(=O)O. The minimum Gasteiger partial charge on any atom is -0.489 e. The van der Waals surface area contributed by atoms with Gasteiger partial charge in [0.1, 0.15) is 24.0 Å². The average molecular weight is 500 g/mol. The molecular formula is C21H22F2N2O8S. The van der Waals surface area contributed by atoms with Gasteiger partial charge in [0.05, 0.1) is 11.0 Å². The molecule has 1 heterocycles. The highest BCUT2D eigenvalue weighted by Crippen LogP contribution is 2.34. The van der Waals surface area contributed by atoms with Gasteiger partial charge in [-0.15, -0.1) is 0 Å². The molecule has 1 amide bonds. The van der Waals surface area contributed by atoms with Crippen LogP contribution in [-0.4, -0.2) is 54.9 Å². The molecule has 10 nitrogen and oxygen atoms in total. The molecule has 3 atom stereocenters. The van der Waals surface area contributed by atoms with Gasteiger partial charge < -0.3 is 25.4 Å². The third kappa shape index (κ3) is 5.33. The van der Waals surface area contributed by atoms with E-state index in [0.717, 1.165) is 18.2 Å². The van der Waals surface area contributed by atoms with Gasteiger partial charge >= 0.3 is 5.97 Å². The Labute approximate surface area is 193 Å².